The predicted octanol–water partition coefficient (Wildman–Crippen LogP) is -1.84. The van der Waals surface area contributed by atoms with Crippen LogP contribution in [0.2, 0.25) is 0 Å². The Kier molecular flexibility index (Phi) is 15.1. The lowest BCUT2D eigenvalue weighted by molar-refractivity contribution is -0.849. The summed E-state index contributed by atoms with van der Waals surface area (Å²) in [7, 11) is 14.5. The molecule has 0 aliphatic carbocycles. The highest BCUT2D eigenvalue weighted by molar-refractivity contribution is 4.17. The highest BCUT2D eigenvalue weighted by Crippen LogP contribution is 1.73. The summed E-state index contributed by atoms with van der Waals surface area (Å²) < 4.78 is 1.00. The van der Waals surface area contributed by atoms with Crippen LogP contribution in [0.4, 0.5) is 0 Å². The third-order valence-corrected chi connectivity index (χ3v) is 0.156. The van der Waals surface area contributed by atoms with Crippen LogP contribution in [-0.4, -0.2) is 81.8 Å². The zero-order chi connectivity index (χ0) is 12.4. The van der Waals surface area contributed by atoms with Crippen LogP contribution >= 0.6 is 0 Å². The Morgan fingerprint density at radius 3 is 1.21 bits per heavy atom. The minimum Gasteiger partial charge on any atom is -0.830 e. The maximum atomic E-state index is 9.20. The summed E-state index contributed by atoms with van der Waals surface area (Å²) in [5, 5.41) is 24.3. The average Bonchev–Trinajstić information content (AvgIpc) is 1.82. The van der Waals surface area contributed by atoms with Crippen molar-refractivity contribution in [3.8, 4) is 0 Å². The lowest BCUT2D eigenvalue weighted by atomic mass is 10.7. The number of aliphatic hydroxyl groups excluding tert-OH is 2. The molecule has 0 radical (unpaired) electrons. The molecule has 1 atom stereocenters. The van der Waals surface area contributed by atoms with Gasteiger partial charge in [-0.3, -0.25) is 0 Å². The molecular formula is C9H26N2O3. The first-order chi connectivity index (χ1) is 6.00. The molecule has 0 aromatic carbocycles. The third-order valence-electron chi connectivity index (χ3n) is 0.156. The van der Waals surface area contributed by atoms with E-state index in [1.165, 1.54) is 0 Å². The van der Waals surface area contributed by atoms with Crippen molar-refractivity contribution in [3.05, 3.63) is 0 Å². The summed E-state index contributed by atoms with van der Waals surface area (Å²) >= 11 is 0. The minimum absolute atomic E-state index is 0.694. The first kappa shape index (κ1) is 19.4. The molecule has 0 saturated heterocycles. The zero-order valence-electron chi connectivity index (χ0n) is 10.5. The summed E-state index contributed by atoms with van der Waals surface area (Å²) in [6, 6.07) is 0. The second-order valence-corrected chi connectivity index (χ2v) is 4.66. The van der Waals surface area contributed by atoms with Crippen molar-refractivity contribution >= 4 is 0 Å². The standard InChI is InChI=1S/C4H12N.C3H9N.C2H5O3/c1-5(2,3)4;1-4(2)3;3-1-2(4)5/h1-4H3;1-3H3;2-4H,1H2/q+1;;-1. The van der Waals surface area contributed by atoms with E-state index < -0.39 is 12.9 Å². The zero-order valence-corrected chi connectivity index (χ0v) is 10.5. The van der Waals surface area contributed by atoms with Crippen molar-refractivity contribution in [2.24, 2.45) is 0 Å². The number of aliphatic hydroxyl groups is 2. The van der Waals surface area contributed by atoms with Gasteiger partial charge in [0.05, 0.1) is 34.8 Å². The number of rotatable bonds is 1. The smallest absolute Gasteiger partial charge is 0.0675 e. The highest BCUT2D eigenvalue weighted by atomic mass is 16.5. The van der Waals surface area contributed by atoms with Crippen LogP contribution < -0.4 is 5.11 Å². The topological polar surface area (TPSA) is 66.8 Å². The Labute approximate surface area is 87.8 Å². The molecule has 0 amide bonds. The van der Waals surface area contributed by atoms with Gasteiger partial charge < -0.3 is 24.7 Å². The molecule has 0 saturated carbocycles. The molecule has 0 aromatic rings. The van der Waals surface area contributed by atoms with Crippen LogP contribution in [0.5, 0.6) is 0 Å². The summed E-state index contributed by atoms with van der Waals surface area (Å²) in [6.07, 6.45) is -1.81. The highest BCUT2D eigenvalue weighted by Gasteiger charge is 1.88. The molecule has 0 rings (SSSR count). The van der Waals surface area contributed by atoms with Gasteiger partial charge in [0.2, 0.25) is 0 Å². The van der Waals surface area contributed by atoms with E-state index >= 15 is 0 Å². The molecule has 0 aliphatic rings. The molecule has 0 spiro atoms. The summed E-state index contributed by atoms with van der Waals surface area (Å²) in [5.74, 6) is 0. The maximum absolute atomic E-state index is 9.20. The van der Waals surface area contributed by atoms with Gasteiger partial charge in [-0.2, -0.15) is 0 Å². The molecule has 0 aliphatic heterocycles. The SMILES string of the molecule is CN(C)C.C[N+](C)(C)C.[O-]C(O)CO. The van der Waals surface area contributed by atoms with Crippen LogP contribution in [0.15, 0.2) is 0 Å². The summed E-state index contributed by atoms with van der Waals surface area (Å²) in [5.41, 5.74) is 0. The molecule has 5 nitrogen and oxygen atoms in total. The molecule has 0 bridgehead atoms. The number of hydrogen-bond acceptors (Lipinski definition) is 4. The molecule has 1 unspecified atom stereocenters. The van der Waals surface area contributed by atoms with Crippen LogP contribution in [-0.2, 0) is 0 Å². The quantitative estimate of drug-likeness (QED) is 0.394. The van der Waals surface area contributed by atoms with Gasteiger partial charge in [0.15, 0.2) is 0 Å². The van der Waals surface area contributed by atoms with E-state index in [9.17, 15) is 5.11 Å². The van der Waals surface area contributed by atoms with Crippen molar-refractivity contribution in [2.75, 3.05) is 55.9 Å². The Balaban J connectivity index is -0.000000131. The maximum Gasteiger partial charge on any atom is 0.0675 e. The Bertz CT molecular complexity index is 92.0. The first-order valence-electron chi connectivity index (χ1n) is 4.35. The Morgan fingerprint density at radius 2 is 1.21 bits per heavy atom. The molecular weight excluding hydrogens is 184 g/mol. The fraction of sp³-hybridized carbons (Fsp3) is 1.00. The van der Waals surface area contributed by atoms with Gasteiger partial charge in [-0.1, -0.05) is 0 Å². The largest absolute Gasteiger partial charge is 0.830 e. The van der Waals surface area contributed by atoms with Gasteiger partial charge in [0, 0.05) is 6.29 Å². The van der Waals surface area contributed by atoms with Gasteiger partial charge in [0.1, 0.15) is 0 Å². The van der Waals surface area contributed by atoms with Gasteiger partial charge in [-0.15, -0.1) is 0 Å². The average molecular weight is 210 g/mol. The normalized spacial score (nSPS) is 12.2. The van der Waals surface area contributed by atoms with Crippen molar-refractivity contribution in [1.82, 2.24) is 4.90 Å². The van der Waals surface area contributed by atoms with Crippen molar-refractivity contribution in [1.29, 1.82) is 0 Å². The monoisotopic (exact) mass is 210 g/mol. The van der Waals surface area contributed by atoms with E-state index in [1.54, 1.807) is 0 Å². The molecule has 0 aromatic heterocycles. The molecule has 0 fully saturated rings. The minimum atomic E-state index is -1.81. The van der Waals surface area contributed by atoms with E-state index in [2.05, 4.69) is 28.2 Å². The Morgan fingerprint density at radius 1 is 1.14 bits per heavy atom. The predicted molar refractivity (Wildman–Crippen MR) is 56.7 cm³/mol. The van der Waals surface area contributed by atoms with Crippen LogP contribution in [0.25, 0.3) is 0 Å². The fourth-order valence-electron chi connectivity index (χ4n) is 0. The van der Waals surface area contributed by atoms with Gasteiger partial charge >= 0.3 is 0 Å². The van der Waals surface area contributed by atoms with Gasteiger partial charge in [-0.05, 0) is 21.1 Å². The molecule has 2 N–H and O–H groups in total. The van der Waals surface area contributed by atoms with E-state index in [0.717, 1.165) is 4.48 Å². The van der Waals surface area contributed by atoms with E-state index in [0.29, 0.717) is 0 Å². The third kappa shape index (κ3) is 425. The fourth-order valence-corrected chi connectivity index (χ4v) is 0. The van der Waals surface area contributed by atoms with Crippen molar-refractivity contribution < 1.29 is 19.8 Å². The number of quaternary nitrogens is 1. The number of hydrogen-bond donors (Lipinski definition) is 2. The van der Waals surface area contributed by atoms with E-state index in [4.69, 9.17) is 10.2 Å². The van der Waals surface area contributed by atoms with Crippen LogP contribution in [0.1, 0.15) is 0 Å². The molecule has 14 heavy (non-hydrogen) atoms. The summed E-state index contributed by atoms with van der Waals surface area (Å²) in [4.78, 5) is 2.00. The molecule has 0 heterocycles. The lowest BCUT2D eigenvalue weighted by Gasteiger charge is -2.14. The van der Waals surface area contributed by atoms with E-state index in [1.807, 2.05) is 26.0 Å². The van der Waals surface area contributed by atoms with Crippen LogP contribution in [0, 0.1) is 0 Å². The van der Waals surface area contributed by atoms with E-state index in [-0.39, 0.29) is 0 Å². The summed E-state index contributed by atoms with van der Waals surface area (Å²) in [6.45, 7) is -0.694. The molecule has 90 valence electrons. The first-order valence-corrected chi connectivity index (χ1v) is 4.35. The van der Waals surface area contributed by atoms with Gasteiger partial charge in [0.25, 0.3) is 0 Å². The number of nitrogens with zero attached hydrogens (tertiary/aromatic N) is 2. The second-order valence-electron chi connectivity index (χ2n) is 4.66. The molecule has 5 heteroatoms. The van der Waals surface area contributed by atoms with Gasteiger partial charge in [-0.25, -0.2) is 0 Å². The lowest BCUT2D eigenvalue weighted by Crippen LogP contribution is -2.27. The van der Waals surface area contributed by atoms with Crippen molar-refractivity contribution in [2.45, 2.75) is 6.29 Å². The second kappa shape index (κ2) is 10.9. The van der Waals surface area contributed by atoms with Crippen molar-refractivity contribution in [3.63, 3.8) is 0 Å². The Hall–Kier alpha value is -0.200. The van der Waals surface area contributed by atoms with Crippen LogP contribution in [0.3, 0.4) is 0 Å².